The van der Waals surface area contributed by atoms with Gasteiger partial charge in [0.2, 0.25) is 0 Å². The molecule has 2 bridgehead atoms. The van der Waals surface area contributed by atoms with E-state index in [1.807, 2.05) is 0 Å². The Labute approximate surface area is 128 Å². The van der Waals surface area contributed by atoms with E-state index >= 15 is 0 Å². The molecule has 0 radical (unpaired) electrons. The van der Waals surface area contributed by atoms with E-state index in [0.29, 0.717) is 0 Å². The summed E-state index contributed by atoms with van der Waals surface area (Å²) in [7, 11) is 0. The van der Waals surface area contributed by atoms with Crippen molar-refractivity contribution in [3.05, 3.63) is 10.1 Å². The Balaban J connectivity index is 2.72. The van der Waals surface area contributed by atoms with E-state index in [0.717, 1.165) is 0 Å². The Kier molecular flexibility index (Phi) is 3.65. The van der Waals surface area contributed by atoms with Crippen molar-refractivity contribution in [2.45, 2.75) is 14.1 Å². The van der Waals surface area contributed by atoms with Gasteiger partial charge in [-0.2, -0.15) is 0 Å². The lowest BCUT2D eigenvalue weighted by Gasteiger charge is -2.34. The van der Waals surface area contributed by atoms with Gasteiger partial charge >= 0.3 is 0 Å². The summed E-state index contributed by atoms with van der Waals surface area (Å²) in [5, 5.41) is 18.9. The molecule has 0 aromatic carbocycles. The lowest BCUT2D eigenvalue weighted by molar-refractivity contribution is 0.120. The smallest absolute Gasteiger partial charge is 0.167 e. The minimum absolute atomic E-state index is 0.0320. The first kappa shape index (κ1) is 14.8. The molecule has 0 aliphatic heterocycles. The molecule has 1 fully saturated rings. The number of rotatable bonds is 2. The standard InChI is InChI=1S/C9H8Cl6O2/c10-5-6(11)8(13)4(2-17)3(1-16)7(5,12)9(8,14)15/h3-4,16-17H,1-2H2/t3-,4-,7+,8+/m0/s1. The Morgan fingerprint density at radius 3 is 1.35 bits per heavy atom. The van der Waals surface area contributed by atoms with Gasteiger partial charge in [0, 0.05) is 25.0 Å². The van der Waals surface area contributed by atoms with Crippen molar-refractivity contribution < 1.29 is 10.2 Å². The van der Waals surface area contributed by atoms with Crippen LogP contribution in [0.1, 0.15) is 0 Å². The van der Waals surface area contributed by atoms with Gasteiger partial charge in [-0.15, -0.1) is 23.2 Å². The first-order valence-electron chi connectivity index (χ1n) is 4.74. The highest BCUT2D eigenvalue weighted by molar-refractivity contribution is 6.65. The van der Waals surface area contributed by atoms with Crippen LogP contribution in [0.5, 0.6) is 0 Å². The molecule has 0 unspecified atom stereocenters. The van der Waals surface area contributed by atoms with E-state index in [9.17, 15) is 10.2 Å². The maximum Gasteiger partial charge on any atom is 0.167 e. The second kappa shape index (κ2) is 4.20. The summed E-state index contributed by atoms with van der Waals surface area (Å²) in [6.07, 6.45) is 0. The zero-order valence-electron chi connectivity index (χ0n) is 8.23. The fourth-order valence-corrected chi connectivity index (χ4v) is 5.78. The van der Waals surface area contributed by atoms with Crippen LogP contribution in [-0.2, 0) is 0 Å². The predicted molar refractivity (Wildman–Crippen MR) is 71.5 cm³/mol. The topological polar surface area (TPSA) is 40.5 Å². The first-order chi connectivity index (χ1) is 7.71. The summed E-state index contributed by atoms with van der Waals surface area (Å²) >= 11 is 37.3. The number of aliphatic hydroxyl groups is 2. The molecule has 0 aromatic heterocycles. The van der Waals surface area contributed by atoms with Crippen molar-refractivity contribution in [3.63, 3.8) is 0 Å². The fraction of sp³-hybridized carbons (Fsp3) is 0.778. The summed E-state index contributed by atoms with van der Waals surface area (Å²) in [5.41, 5.74) is 0. The minimum Gasteiger partial charge on any atom is -0.396 e. The molecule has 0 heterocycles. The number of allylic oxidation sites excluding steroid dienone is 2. The van der Waals surface area contributed by atoms with Crippen molar-refractivity contribution in [1.29, 1.82) is 0 Å². The molecular weight excluding hydrogens is 353 g/mol. The lowest BCUT2D eigenvalue weighted by atomic mass is 9.83. The van der Waals surface area contributed by atoms with Crippen LogP contribution in [0.4, 0.5) is 0 Å². The molecule has 17 heavy (non-hydrogen) atoms. The fourth-order valence-electron chi connectivity index (χ4n) is 2.71. The summed E-state index contributed by atoms with van der Waals surface area (Å²) in [4.78, 5) is -2.97. The highest BCUT2D eigenvalue weighted by Crippen LogP contribution is 2.75. The van der Waals surface area contributed by atoms with E-state index in [-0.39, 0.29) is 23.3 Å². The maximum atomic E-state index is 9.41. The molecule has 2 N–H and O–H groups in total. The van der Waals surface area contributed by atoms with E-state index in [1.165, 1.54) is 0 Å². The van der Waals surface area contributed by atoms with Gasteiger partial charge in [0.1, 0.15) is 9.75 Å². The van der Waals surface area contributed by atoms with Crippen LogP contribution in [0.2, 0.25) is 0 Å². The van der Waals surface area contributed by atoms with Crippen LogP contribution in [0.25, 0.3) is 0 Å². The first-order valence-corrected chi connectivity index (χ1v) is 7.01. The number of hydrogen-bond acceptors (Lipinski definition) is 2. The number of alkyl halides is 4. The Bertz CT molecular complexity index is 363. The van der Waals surface area contributed by atoms with Gasteiger partial charge in [-0.3, -0.25) is 0 Å². The van der Waals surface area contributed by atoms with Gasteiger partial charge in [-0.05, 0) is 0 Å². The molecule has 2 aliphatic rings. The van der Waals surface area contributed by atoms with Gasteiger partial charge in [-0.1, -0.05) is 46.4 Å². The predicted octanol–water partition coefficient (Wildman–Crippen LogP) is 3.05. The number of hydrogen-bond donors (Lipinski definition) is 2. The van der Waals surface area contributed by atoms with Crippen molar-refractivity contribution >= 4 is 69.6 Å². The van der Waals surface area contributed by atoms with Crippen LogP contribution in [0.3, 0.4) is 0 Å². The lowest BCUT2D eigenvalue weighted by Crippen LogP contribution is -2.45. The van der Waals surface area contributed by atoms with Crippen molar-refractivity contribution in [2.75, 3.05) is 13.2 Å². The van der Waals surface area contributed by atoms with E-state index in [1.54, 1.807) is 0 Å². The monoisotopic (exact) mass is 358 g/mol. The van der Waals surface area contributed by atoms with Gasteiger partial charge in [0.25, 0.3) is 0 Å². The molecule has 1 saturated carbocycles. The van der Waals surface area contributed by atoms with E-state index in [2.05, 4.69) is 0 Å². The molecule has 4 atom stereocenters. The molecule has 0 aromatic rings. The largest absolute Gasteiger partial charge is 0.396 e. The van der Waals surface area contributed by atoms with Crippen molar-refractivity contribution in [2.24, 2.45) is 11.8 Å². The third kappa shape index (κ3) is 1.34. The summed E-state index contributed by atoms with van der Waals surface area (Å²) in [6, 6.07) is 0. The second-order valence-electron chi connectivity index (χ2n) is 4.20. The molecular formula is C9H8Cl6O2. The van der Waals surface area contributed by atoms with E-state index < -0.39 is 25.9 Å². The molecule has 0 spiro atoms. The van der Waals surface area contributed by atoms with Gasteiger partial charge in [-0.25, -0.2) is 0 Å². The SMILES string of the molecule is OC[C@H]1[C@H](CO)[C@@]2(Cl)C(Cl)=C(Cl)[C@@]1(Cl)C2(Cl)Cl. The third-order valence-electron chi connectivity index (χ3n) is 3.65. The van der Waals surface area contributed by atoms with Crippen LogP contribution in [-0.4, -0.2) is 37.5 Å². The van der Waals surface area contributed by atoms with Crippen molar-refractivity contribution in [1.82, 2.24) is 0 Å². The van der Waals surface area contributed by atoms with Crippen LogP contribution in [0.15, 0.2) is 10.1 Å². The zero-order chi connectivity index (χ0) is 13.2. The molecule has 0 amide bonds. The summed E-state index contributed by atoms with van der Waals surface area (Å²) in [6.45, 7) is -0.713. The second-order valence-corrected chi connectivity index (χ2v) is 7.48. The zero-order valence-corrected chi connectivity index (χ0v) is 12.8. The molecule has 0 saturated heterocycles. The van der Waals surface area contributed by atoms with Crippen LogP contribution >= 0.6 is 69.6 Å². The normalized spacial score (nSPS) is 48.0. The average Bonchev–Trinajstić information content (AvgIpc) is 2.48. The Hall–Kier alpha value is 1.40. The molecule has 2 nitrogen and oxygen atoms in total. The Morgan fingerprint density at radius 1 is 0.824 bits per heavy atom. The maximum absolute atomic E-state index is 9.41. The number of aliphatic hydroxyl groups excluding tert-OH is 2. The number of fused-ring (bicyclic) bond motifs is 2. The number of halogens is 6. The van der Waals surface area contributed by atoms with Crippen LogP contribution in [0, 0.1) is 11.8 Å². The summed E-state index contributed by atoms with van der Waals surface area (Å²) in [5.74, 6) is -1.34. The van der Waals surface area contributed by atoms with Gasteiger partial charge < -0.3 is 10.2 Å². The molecule has 2 rings (SSSR count). The van der Waals surface area contributed by atoms with Crippen LogP contribution < -0.4 is 0 Å². The quantitative estimate of drug-likeness (QED) is 0.743. The highest BCUT2D eigenvalue weighted by atomic mass is 35.5. The van der Waals surface area contributed by atoms with Gasteiger partial charge in [0.15, 0.2) is 4.33 Å². The Morgan fingerprint density at radius 2 is 1.12 bits per heavy atom. The van der Waals surface area contributed by atoms with E-state index in [4.69, 9.17) is 69.6 Å². The summed E-state index contributed by atoms with van der Waals surface area (Å²) < 4.78 is -1.70. The third-order valence-corrected chi connectivity index (χ3v) is 8.00. The average molecular weight is 361 g/mol. The minimum atomic E-state index is -1.70. The van der Waals surface area contributed by atoms with Gasteiger partial charge in [0.05, 0.1) is 10.1 Å². The molecule has 8 heteroatoms. The van der Waals surface area contributed by atoms with Crippen molar-refractivity contribution in [3.8, 4) is 0 Å². The molecule has 2 aliphatic carbocycles. The highest BCUT2D eigenvalue weighted by Gasteiger charge is 2.81. The molecule has 98 valence electrons.